The van der Waals surface area contributed by atoms with Gasteiger partial charge in [-0.15, -0.1) is 0 Å². The lowest BCUT2D eigenvalue weighted by atomic mass is 10.1. The van der Waals surface area contributed by atoms with Gasteiger partial charge >= 0.3 is 12.2 Å². The maximum absolute atomic E-state index is 14.1. The summed E-state index contributed by atoms with van der Waals surface area (Å²) >= 11 is 0. The molecule has 0 N–H and O–H groups in total. The van der Waals surface area contributed by atoms with Gasteiger partial charge < -0.3 is 14.1 Å². The van der Waals surface area contributed by atoms with Crippen molar-refractivity contribution in [1.29, 1.82) is 0 Å². The largest absolute Gasteiger partial charge is 0.457 e. The Morgan fingerprint density at radius 2 is 2.00 bits per heavy atom. The lowest BCUT2D eigenvalue weighted by Crippen LogP contribution is -2.47. The van der Waals surface area contributed by atoms with Crippen molar-refractivity contribution in [3.63, 3.8) is 0 Å². The zero-order valence-electron chi connectivity index (χ0n) is 11.5. The van der Waals surface area contributed by atoms with E-state index in [1.165, 1.54) is 6.26 Å². The molecule has 2 aromatic heterocycles. The van der Waals surface area contributed by atoms with E-state index in [1.807, 2.05) is 0 Å². The summed E-state index contributed by atoms with van der Waals surface area (Å²) in [4.78, 5) is 29.9. The minimum Gasteiger partial charge on any atom is -0.457 e. The van der Waals surface area contributed by atoms with E-state index in [9.17, 15) is 4.39 Å². The molecule has 1 aliphatic heterocycles. The molecule has 0 saturated carbocycles. The van der Waals surface area contributed by atoms with Crippen molar-refractivity contribution >= 4 is 12.2 Å². The summed E-state index contributed by atoms with van der Waals surface area (Å²) in [6.07, 6.45) is 5.26. The molecular weight excluding hydrogens is 295 g/mol. The van der Waals surface area contributed by atoms with Crippen LogP contribution in [0.5, 0.6) is 6.01 Å². The molecule has 0 amide bonds. The first-order valence-electron chi connectivity index (χ1n) is 6.46. The molecule has 1 saturated heterocycles. The van der Waals surface area contributed by atoms with E-state index in [2.05, 4.69) is 15.0 Å². The first-order chi connectivity index (χ1) is 10.7. The monoisotopic (exact) mass is 308 g/mol. The summed E-state index contributed by atoms with van der Waals surface area (Å²) in [7, 11) is 0. The van der Waals surface area contributed by atoms with Gasteiger partial charge in [-0.05, 0) is 6.07 Å². The van der Waals surface area contributed by atoms with Crippen LogP contribution in [0.15, 0.2) is 35.3 Å². The fourth-order valence-corrected chi connectivity index (χ4v) is 2.04. The predicted octanol–water partition coefficient (Wildman–Crippen LogP) is 0.877. The van der Waals surface area contributed by atoms with E-state index in [-0.39, 0.29) is 18.7 Å². The van der Waals surface area contributed by atoms with E-state index in [0.717, 1.165) is 0 Å². The number of hydrogen-bond donors (Lipinski definition) is 0. The highest BCUT2D eigenvalue weighted by atomic mass is 19.1. The maximum Gasteiger partial charge on any atom is 0.373 e. The molecule has 1 fully saturated rings. The molecule has 0 aliphatic carbocycles. The summed E-state index contributed by atoms with van der Waals surface area (Å²) in [5, 5.41) is 0. The summed E-state index contributed by atoms with van der Waals surface area (Å²) in [5.41, 5.74) is 0. The van der Waals surface area contributed by atoms with Crippen LogP contribution in [-0.2, 0) is 9.59 Å². The Labute approximate surface area is 124 Å². The number of ether oxygens (including phenoxy) is 1. The summed E-state index contributed by atoms with van der Waals surface area (Å²) in [5.74, 6) is 0. The van der Waals surface area contributed by atoms with E-state index in [0.29, 0.717) is 19.0 Å². The Hall–Kier alpha value is -2.80. The van der Waals surface area contributed by atoms with Crippen molar-refractivity contribution in [2.45, 2.75) is 18.7 Å². The zero-order valence-corrected chi connectivity index (χ0v) is 11.5. The van der Waals surface area contributed by atoms with E-state index < -0.39 is 12.3 Å². The minimum absolute atomic E-state index is 0.192. The molecule has 2 aromatic rings. The third kappa shape index (κ3) is 4.10. The lowest BCUT2D eigenvalue weighted by molar-refractivity contribution is -0.191. The number of anilines is 1. The molecular formula is C13H13FN4O4. The molecule has 8 nitrogen and oxygen atoms in total. The second-order valence-corrected chi connectivity index (χ2v) is 4.34. The molecule has 22 heavy (non-hydrogen) atoms. The molecule has 116 valence electrons. The predicted molar refractivity (Wildman–Crippen MR) is 69.7 cm³/mol. The van der Waals surface area contributed by atoms with Crippen molar-refractivity contribution < 1.29 is 23.1 Å². The normalized spacial score (nSPS) is 20.5. The van der Waals surface area contributed by atoms with E-state index >= 15 is 0 Å². The van der Waals surface area contributed by atoms with Crippen LogP contribution < -0.4 is 9.64 Å². The minimum atomic E-state index is -1.13. The topological polar surface area (TPSA) is 98.4 Å². The maximum atomic E-state index is 14.1. The number of nitrogens with zero attached hydrogens (tertiary/aromatic N) is 4. The summed E-state index contributed by atoms with van der Waals surface area (Å²) in [6.45, 7) is 0.816. The number of halogens is 1. The average Bonchev–Trinajstić information content (AvgIpc) is 3.05. The highest BCUT2D eigenvalue weighted by Gasteiger charge is 2.32. The highest BCUT2D eigenvalue weighted by molar-refractivity contribution is 5.26. The number of hydrogen-bond acceptors (Lipinski definition) is 8. The molecule has 9 heteroatoms. The van der Waals surface area contributed by atoms with Gasteiger partial charge in [-0.3, -0.25) is 0 Å². The number of aromatic nitrogens is 3. The smallest absolute Gasteiger partial charge is 0.373 e. The standard InChI is InChI=1S/C12H13FN4O2.CO2/c13-9-8-17(12-16-5-7-18-12)6-2-10(9)19-11-14-3-1-4-15-11;2-1-3/h1,3-5,7,9-10H,2,6,8H2;/t9-,10+;/m0./s1. The van der Waals surface area contributed by atoms with Gasteiger partial charge in [0.05, 0.1) is 12.7 Å². The number of alkyl halides is 1. The number of rotatable bonds is 3. The van der Waals surface area contributed by atoms with Gasteiger partial charge in [-0.1, -0.05) is 0 Å². The Morgan fingerprint density at radius 3 is 2.59 bits per heavy atom. The number of piperidine rings is 1. The van der Waals surface area contributed by atoms with Crippen molar-refractivity contribution in [2.24, 2.45) is 0 Å². The van der Waals surface area contributed by atoms with Gasteiger partial charge in [0.2, 0.25) is 0 Å². The highest BCUT2D eigenvalue weighted by Crippen LogP contribution is 2.22. The van der Waals surface area contributed by atoms with Crippen molar-refractivity contribution in [1.82, 2.24) is 15.0 Å². The Morgan fingerprint density at radius 1 is 1.27 bits per heavy atom. The van der Waals surface area contributed by atoms with Crippen molar-refractivity contribution in [2.75, 3.05) is 18.0 Å². The first-order valence-corrected chi connectivity index (χ1v) is 6.46. The second kappa shape index (κ2) is 7.84. The van der Waals surface area contributed by atoms with E-state index in [1.54, 1.807) is 29.6 Å². The van der Waals surface area contributed by atoms with Crippen LogP contribution in [0.25, 0.3) is 0 Å². The molecule has 3 heterocycles. The third-order valence-corrected chi connectivity index (χ3v) is 2.97. The van der Waals surface area contributed by atoms with Crippen LogP contribution in [0.1, 0.15) is 6.42 Å². The first kappa shape index (κ1) is 15.6. The molecule has 0 aromatic carbocycles. The van der Waals surface area contributed by atoms with Crippen LogP contribution in [0.2, 0.25) is 0 Å². The number of oxazole rings is 1. The molecule has 0 unspecified atom stereocenters. The number of carbonyl (C=O) groups excluding carboxylic acids is 2. The second-order valence-electron chi connectivity index (χ2n) is 4.34. The van der Waals surface area contributed by atoms with Gasteiger partial charge in [-0.25, -0.2) is 19.3 Å². The molecule has 3 rings (SSSR count). The Balaban J connectivity index is 0.000000545. The molecule has 1 aliphatic rings. The molecule has 0 spiro atoms. The van der Waals surface area contributed by atoms with Gasteiger partial charge in [0, 0.05) is 25.4 Å². The van der Waals surface area contributed by atoms with Crippen molar-refractivity contribution in [3.05, 3.63) is 30.9 Å². The van der Waals surface area contributed by atoms with Crippen LogP contribution in [0.3, 0.4) is 0 Å². The summed E-state index contributed by atoms with van der Waals surface area (Å²) in [6, 6.07) is 2.34. The SMILES string of the molecule is F[C@H]1CN(c2ncco2)CC[C@H]1Oc1ncccn1.O=C=O. The Kier molecular flexibility index (Phi) is 5.56. The fraction of sp³-hybridized carbons (Fsp3) is 0.385. The molecule has 2 atom stereocenters. The Bertz CT molecular complexity index is 589. The van der Waals surface area contributed by atoms with E-state index in [4.69, 9.17) is 18.7 Å². The van der Waals surface area contributed by atoms with Gasteiger partial charge in [0.25, 0.3) is 6.01 Å². The lowest BCUT2D eigenvalue weighted by Gasteiger charge is -2.33. The van der Waals surface area contributed by atoms with Crippen LogP contribution in [0.4, 0.5) is 10.4 Å². The van der Waals surface area contributed by atoms with Gasteiger partial charge in [-0.2, -0.15) is 9.59 Å². The fourth-order valence-electron chi connectivity index (χ4n) is 2.04. The summed E-state index contributed by atoms with van der Waals surface area (Å²) < 4.78 is 24.7. The van der Waals surface area contributed by atoms with Crippen LogP contribution in [-0.4, -0.2) is 46.5 Å². The van der Waals surface area contributed by atoms with Crippen LogP contribution >= 0.6 is 0 Å². The van der Waals surface area contributed by atoms with Gasteiger partial charge in [0.1, 0.15) is 12.4 Å². The molecule has 0 bridgehead atoms. The van der Waals surface area contributed by atoms with Gasteiger partial charge in [0.15, 0.2) is 6.17 Å². The van der Waals surface area contributed by atoms with Crippen molar-refractivity contribution in [3.8, 4) is 6.01 Å². The zero-order chi connectivity index (χ0) is 15.8. The van der Waals surface area contributed by atoms with Crippen LogP contribution in [0, 0.1) is 0 Å². The quantitative estimate of drug-likeness (QED) is 0.824. The third-order valence-electron chi connectivity index (χ3n) is 2.97. The molecule has 0 radical (unpaired) electrons. The average molecular weight is 308 g/mol.